The second kappa shape index (κ2) is 5.53. The van der Waals surface area contributed by atoms with Crippen LogP contribution in [-0.4, -0.2) is 13.1 Å². The molecule has 2 atom stereocenters. The summed E-state index contributed by atoms with van der Waals surface area (Å²) >= 11 is 0. The molecular formula is C15H20FNO. The third kappa shape index (κ3) is 2.72. The summed E-state index contributed by atoms with van der Waals surface area (Å²) in [5.41, 5.74) is 1.99. The molecule has 1 aliphatic heterocycles. The summed E-state index contributed by atoms with van der Waals surface area (Å²) in [4.78, 5) is 0. The first kappa shape index (κ1) is 13.1. The molecule has 1 aromatic rings. The first-order chi connectivity index (χ1) is 8.59. The Labute approximate surface area is 108 Å². The third-order valence-electron chi connectivity index (χ3n) is 3.62. The molecule has 0 amide bonds. The van der Waals surface area contributed by atoms with Crippen LogP contribution in [0.3, 0.4) is 0 Å². The van der Waals surface area contributed by atoms with Gasteiger partial charge < -0.3 is 9.73 Å². The van der Waals surface area contributed by atoms with Crippen molar-refractivity contribution in [3.05, 3.63) is 42.1 Å². The summed E-state index contributed by atoms with van der Waals surface area (Å²) in [6.07, 6.45) is 4.18. The average molecular weight is 249 g/mol. The maximum absolute atomic E-state index is 13.2. The monoisotopic (exact) mass is 249 g/mol. The number of hydrogen-bond acceptors (Lipinski definition) is 2. The number of allylic oxidation sites excluding steroid dienone is 3. The van der Waals surface area contributed by atoms with Gasteiger partial charge in [0.05, 0.1) is 6.26 Å². The normalized spacial score (nSPS) is 25.2. The molecule has 1 aromatic heterocycles. The summed E-state index contributed by atoms with van der Waals surface area (Å²) in [7, 11) is 0. The van der Waals surface area contributed by atoms with Gasteiger partial charge >= 0.3 is 0 Å². The first-order valence-electron chi connectivity index (χ1n) is 6.40. The predicted octanol–water partition coefficient (Wildman–Crippen LogP) is 3.70. The SMILES string of the molecule is C=C(F)/C=C(\c1occc1C)[C@H]1CCNC[C@H]1C. The smallest absolute Gasteiger partial charge is 0.133 e. The van der Waals surface area contributed by atoms with Crippen molar-refractivity contribution >= 4 is 5.57 Å². The zero-order valence-electron chi connectivity index (χ0n) is 11.0. The molecule has 0 unspecified atom stereocenters. The van der Waals surface area contributed by atoms with Crippen molar-refractivity contribution in [1.29, 1.82) is 0 Å². The predicted molar refractivity (Wildman–Crippen MR) is 71.8 cm³/mol. The van der Waals surface area contributed by atoms with Crippen LogP contribution in [0.15, 0.2) is 35.2 Å². The van der Waals surface area contributed by atoms with Gasteiger partial charge in [0.15, 0.2) is 0 Å². The van der Waals surface area contributed by atoms with Gasteiger partial charge in [-0.05, 0) is 56.0 Å². The Kier molecular flexibility index (Phi) is 4.02. The molecule has 2 rings (SSSR count). The summed E-state index contributed by atoms with van der Waals surface area (Å²) in [5.74, 6) is 1.18. The number of furan rings is 1. The highest BCUT2D eigenvalue weighted by atomic mass is 19.1. The average Bonchev–Trinajstić information content (AvgIpc) is 2.73. The minimum absolute atomic E-state index is 0.323. The summed E-state index contributed by atoms with van der Waals surface area (Å²) in [6, 6.07) is 1.91. The van der Waals surface area contributed by atoms with Crippen molar-refractivity contribution < 1.29 is 8.81 Å². The Morgan fingerprint density at radius 1 is 1.61 bits per heavy atom. The molecule has 0 radical (unpaired) electrons. The number of rotatable bonds is 3. The van der Waals surface area contributed by atoms with E-state index in [1.54, 1.807) is 6.26 Å². The lowest BCUT2D eigenvalue weighted by molar-refractivity contribution is 0.330. The van der Waals surface area contributed by atoms with Gasteiger partial charge in [-0.3, -0.25) is 0 Å². The van der Waals surface area contributed by atoms with Gasteiger partial charge in [-0.1, -0.05) is 13.5 Å². The van der Waals surface area contributed by atoms with E-state index in [4.69, 9.17) is 4.42 Å². The zero-order chi connectivity index (χ0) is 13.1. The lowest BCUT2D eigenvalue weighted by atomic mass is 9.80. The van der Waals surface area contributed by atoms with E-state index in [1.165, 1.54) is 6.08 Å². The van der Waals surface area contributed by atoms with Crippen LogP contribution in [-0.2, 0) is 0 Å². The molecule has 18 heavy (non-hydrogen) atoms. The van der Waals surface area contributed by atoms with Gasteiger partial charge in [-0.2, -0.15) is 0 Å². The Morgan fingerprint density at radius 2 is 2.39 bits per heavy atom. The molecule has 1 saturated heterocycles. The topological polar surface area (TPSA) is 25.2 Å². The van der Waals surface area contributed by atoms with Crippen molar-refractivity contribution in [2.75, 3.05) is 13.1 Å². The lowest BCUT2D eigenvalue weighted by Crippen LogP contribution is -2.35. The number of piperidine rings is 1. The molecule has 1 aliphatic rings. The Morgan fingerprint density at radius 3 is 2.94 bits per heavy atom. The molecule has 98 valence electrons. The minimum Gasteiger partial charge on any atom is -0.464 e. The molecule has 0 aromatic carbocycles. The van der Waals surface area contributed by atoms with E-state index in [1.807, 2.05) is 13.0 Å². The van der Waals surface area contributed by atoms with Gasteiger partial charge in [0, 0.05) is 5.57 Å². The second-order valence-electron chi connectivity index (χ2n) is 5.06. The fraction of sp³-hybridized carbons (Fsp3) is 0.467. The Balaban J connectivity index is 2.37. The fourth-order valence-electron chi connectivity index (χ4n) is 2.65. The highest BCUT2D eigenvalue weighted by Gasteiger charge is 2.27. The molecule has 1 N–H and O–H groups in total. The summed E-state index contributed by atoms with van der Waals surface area (Å²) in [5, 5.41) is 3.36. The van der Waals surface area contributed by atoms with E-state index >= 15 is 0 Å². The van der Waals surface area contributed by atoms with E-state index in [0.717, 1.165) is 36.4 Å². The van der Waals surface area contributed by atoms with E-state index in [2.05, 4.69) is 18.8 Å². The lowest BCUT2D eigenvalue weighted by Gasteiger charge is -2.31. The quantitative estimate of drug-likeness (QED) is 0.826. The molecule has 0 saturated carbocycles. The van der Waals surface area contributed by atoms with Crippen LogP contribution < -0.4 is 5.32 Å². The maximum Gasteiger partial charge on any atom is 0.133 e. The summed E-state index contributed by atoms with van der Waals surface area (Å²) < 4.78 is 18.8. The van der Waals surface area contributed by atoms with Gasteiger partial charge in [0.25, 0.3) is 0 Å². The van der Waals surface area contributed by atoms with Crippen LogP contribution in [0, 0.1) is 18.8 Å². The fourth-order valence-corrected chi connectivity index (χ4v) is 2.65. The third-order valence-corrected chi connectivity index (χ3v) is 3.62. The van der Waals surface area contributed by atoms with Crippen LogP contribution >= 0.6 is 0 Å². The number of halogens is 1. The van der Waals surface area contributed by atoms with Gasteiger partial charge in [-0.15, -0.1) is 0 Å². The number of hydrogen-bond donors (Lipinski definition) is 1. The van der Waals surface area contributed by atoms with Gasteiger partial charge in [-0.25, -0.2) is 4.39 Å². The molecule has 0 bridgehead atoms. The number of nitrogens with one attached hydrogen (secondary N) is 1. The van der Waals surface area contributed by atoms with Crippen LogP contribution in [0.2, 0.25) is 0 Å². The van der Waals surface area contributed by atoms with Crippen LogP contribution in [0.5, 0.6) is 0 Å². The highest BCUT2D eigenvalue weighted by molar-refractivity contribution is 5.68. The molecular weight excluding hydrogens is 229 g/mol. The molecule has 0 aliphatic carbocycles. The van der Waals surface area contributed by atoms with Crippen molar-refractivity contribution in [3.63, 3.8) is 0 Å². The van der Waals surface area contributed by atoms with Crippen molar-refractivity contribution in [2.24, 2.45) is 11.8 Å². The van der Waals surface area contributed by atoms with Crippen LogP contribution in [0.4, 0.5) is 4.39 Å². The number of aryl methyl sites for hydroxylation is 1. The first-order valence-corrected chi connectivity index (χ1v) is 6.40. The van der Waals surface area contributed by atoms with Gasteiger partial charge in [0.2, 0.25) is 0 Å². The van der Waals surface area contributed by atoms with E-state index in [-0.39, 0.29) is 0 Å². The van der Waals surface area contributed by atoms with Crippen LogP contribution in [0.25, 0.3) is 5.57 Å². The van der Waals surface area contributed by atoms with Gasteiger partial charge in [0.1, 0.15) is 11.6 Å². The molecule has 2 nitrogen and oxygen atoms in total. The molecule has 2 heterocycles. The molecule has 1 fully saturated rings. The maximum atomic E-state index is 13.2. The van der Waals surface area contributed by atoms with Crippen molar-refractivity contribution in [1.82, 2.24) is 5.32 Å². The highest BCUT2D eigenvalue weighted by Crippen LogP contribution is 2.36. The van der Waals surface area contributed by atoms with E-state index in [0.29, 0.717) is 11.8 Å². The van der Waals surface area contributed by atoms with Crippen molar-refractivity contribution in [2.45, 2.75) is 20.3 Å². The van der Waals surface area contributed by atoms with Crippen LogP contribution in [0.1, 0.15) is 24.7 Å². The molecule has 0 spiro atoms. The second-order valence-corrected chi connectivity index (χ2v) is 5.06. The largest absolute Gasteiger partial charge is 0.464 e. The van der Waals surface area contributed by atoms with E-state index < -0.39 is 5.83 Å². The minimum atomic E-state index is -0.411. The Bertz CT molecular complexity index is 461. The van der Waals surface area contributed by atoms with E-state index in [9.17, 15) is 4.39 Å². The van der Waals surface area contributed by atoms with Crippen molar-refractivity contribution in [3.8, 4) is 0 Å². The Hall–Kier alpha value is -1.35. The molecule has 3 heteroatoms. The zero-order valence-corrected chi connectivity index (χ0v) is 11.0. The summed E-state index contributed by atoms with van der Waals surface area (Å²) in [6.45, 7) is 9.45. The standard InChI is InChI=1S/C15H20FNO/c1-10-5-7-18-15(10)14(8-12(3)16)13-4-6-17-9-11(13)2/h5,7-8,11,13,17H,3-4,6,9H2,1-2H3/b14-8-/t11-,13+/m1/s1.